The zero-order valence-electron chi connectivity index (χ0n) is 10.8. The number of carbonyl (C=O) groups is 1. The van der Waals surface area contributed by atoms with E-state index >= 15 is 0 Å². The molecule has 0 aliphatic rings. The molecule has 4 N–H and O–H groups in total. The molecule has 0 unspecified atom stereocenters. The molecule has 8 heteroatoms. The molecule has 0 aromatic heterocycles. The van der Waals surface area contributed by atoms with Crippen LogP contribution in [-0.4, -0.2) is 21.1 Å². The van der Waals surface area contributed by atoms with Crippen molar-refractivity contribution < 1.29 is 17.9 Å². The third kappa shape index (κ3) is 4.76. The maximum atomic E-state index is 11.7. The van der Waals surface area contributed by atoms with Gasteiger partial charge in [-0.2, -0.15) is 8.42 Å². The second kappa shape index (κ2) is 6.39. The third-order valence-corrected chi connectivity index (χ3v) is 3.20. The van der Waals surface area contributed by atoms with Gasteiger partial charge in [-0.15, -0.1) is 0 Å². The highest BCUT2D eigenvalue weighted by Gasteiger charge is 2.16. The number of amides is 1. The summed E-state index contributed by atoms with van der Waals surface area (Å²) in [6.07, 6.45) is -1.03. The van der Waals surface area contributed by atoms with E-state index in [2.05, 4.69) is 9.46 Å². The second-order valence-electron chi connectivity index (χ2n) is 3.78. The number of ether oxygens (including phenoxy) is 1. The van der Waals surface area contributed by atoms with Crippen LogP contribution in [0.25, 0.3) is 0 Å². The minimum Gasteiger partial charge on any atom is -0.449 e. The molecule has 1 aromatic rings. The van der Waals surface area contributed by atoms with Gasteiger partial charge in [-0.1, -0.05) is 12.1 Å². The van der Waals surface area contributed by atoms with Crippen molar-refractivity contribution in [1.29, 1.82) is 0 Å². The number of aryl methyl sites for hydroxylation is 1. The summed E-state index contributed by atoms with van der Waals surface area (Å²) < 4.78 is 31.9. The van der Waals surface area contributed by atoms with Crippen LogP contribution < -0.4 is 15.2 Å². The van der Waals surface area contributed by atoms with Crippen molar-refractivity contribution in [2.45, 2.75) is 20.4 Å². The van der Waals surface area contributed by atoms with Gasteiger partial charge in [0.25, 0.3) is 0 Å². The highest BCUT2D eigenvalue weighted by molar-refractivity contribution is 7.91. The van der Waals surface area contributed by atoms with Gasteiger partial charge in [0.05, 0.1) is 12.3 Å². The molecule has 0 aliphatic carbocycles. The first-order valence-electron chi connectivity index (χ1n) is 5.65. The minimum absolute atomic E-state index is 0.0863. The normalized spacial score (nSPS) is 10.9. The number of nitrogens with one attached hydrogen (secondary N) is 2. The molecule has 0 atom stereocenters. The quantitative estimate of drug-likeness (QED) is 0.743. The molecule has 1 aromatic carbocycles. The molecule has 0 spiro atoms. The van der Waals surface area contributed by atoms with Gasteiger partial charge < -0.3 is 10.5 Å². The largest absolute Gasteiger partial charge is 0.449 e. The molecule has 0 saturated heterocycles. The van der Waals surface area contributed by atoms with E-state index in [-0.39, 0.29) is 6.61 Å². The summed E-state index contributed by atoms with van der Waals surface area (Å²) in [5.41, 5.74) is 7.34. The molecule has 0 heterocycles. The van der Waals surface area contributed by atoms with Gasteiger partial charge in [0.1, 0.15) is 0 Å². The number of hydrogen-bond donors (Lipinski definition) is 3. The van der Waals surface area contributed by atoms with Crippen molar-refractivity contribution in [1.82, 2.24) is 4.72 Å². The van der Waals surface area contributed by atoms with Gasteiger partial charge in [0.15, 0.2) is 0 Å². The van der Waals surface area contributed by atoms with Crippen LogP contribution in [0.4, 0.5) is 10.5 Å². The summed E-state index contributed by atoms with van der Waals surface area (Å²) in [6, 6.07) is 5.15. The van der Waals surface area contributed by atoms with E-state index in [4.69, 9.17) is 5.73 Å². The number of nitrogens with two attached hydrogens (primary N) is 1. The number of anilines is 1. The fourth-order valence-electron chi connectivity index (χ4n) is 1.35. The van der Waals surface area contributed by atoms with Crippen molar-refractivity contribution >= 4 is 22.0 Å². The summed E-state index contributed by atoms with van der Waals surface area (Å²) in [6.45, 7) is 3.69. The Labute approximate surface area is 112 Å². The van der Waals surface area contributed by atoms with E-state index < -0.39 is 16.3 Å². The van der Waals surface area contributed by atoms with Gasteiger partial charge in [0.2, 0.25) is 0 Å². The van der Waals surface area contributed by atoms with Crippen molar-refractivity contribution in [3.05, 3.63) is 29.3 Å². The Hall–Kier alpha value is -1.80. The molecular formula is C11H17N3O4S. The SMILES string of the molecule is CCOC(=O)NS(=O)(=O)Nc1cc(CN)ccc1C. The van der Waals surface area contributed by atoms with E-state index in [1.165, 1.54) is 0 Å². The lowest BCUT2D eigenvalue weighted by Gasteiger charge is -2.12. The number of rotatable bonds is 5. The minimum atomic E-state index is -4.02. The van der Waals surface area contributed by atoms with E-state index in [9.17, 15) is 13.2 Å². The number of benzene rings is 1. The molecular weight excluding hydrogens is 270 g/mol. The lowest BCUT2D eigenvalue weighted by atomic mass is 10.1. The average molecular weight is 287 g/mol. The summed E-state index contributed by atoms with van der Waals surface area (Å²) >= 11 is 0. The predicted octanol–water partition coefficient (Wildman–Crippen LogP) is 0.857. The zero-order chi connectivity index (χ0) is 14.5. The van der Waals surface area contributed by atoms with Gasteiger partial charge in [0, 0.05) is 6.54 Å². The van der Waals surface area contributed by atoms with E-state index in [1.54, 1.807) is 36.8 Å². The third-order valence-electron chi connectivity index (χ3n) is 2.28. The topological polar surface area (TPSA) is 111 Å². The summed E-state index contributed by atoms with van der Waals surface area (Å²) in [5.74, 6) is 0. The first-order valence-corrected chi connectivity index (χ1v) is 7.13. The highest BCUT2D eigenvalue weighted by Crippen LogP contribution is 2.17. The molecule has 19 heavy (non-hydrogen) atoms. The predicted molar refractivity (Wildman–Crippen MR) is 71.8 cm³/mol. The summed E-state index contributed by atoms with van der Waals surface area (Å²) in [4.78, 5) is 11.1. The van der Waals surface area contributed by atoms with Crippen molar-refractivity contribution in [3.63, 3.8) is 0 Å². The highest BCUT2D eigenvalue weighted by atomic mass is 32.2. The van der Waals surface area contributed by atoms with Gasteiger partial charge in [-0.25, -0.2) is 9.52 Å². The monoisotopic (exact) mass is 287 g/mol. The molecule has 1 rings (SSSR count). The van der Waals surface area contributed by atoms with Gasteiger partial charge in [-0.3, -0.25) is 4.72 Å². The fraction of sp³-hybridized carbons (Fsp3) is 0.364. The summed E-state index contributed by atoms with van der Waals surface area (Å²) in [7, 11) is -4.02. The van der Waals surface area contributed by atoms with E-state index in [0.717, 1.165) is 5.56 Å². The van der Waals surface area contributed by atoms with Crippen LogP contribution in [0.5, 0.6) is 0 Å². The standard InChI is InChI=1S/C11H17N3O4S/c1-3-18-11(15)14-19(16,17)13-10-6-9(7-12)5-4-8(10)2/h4-6,13H,3,7,12H2,1-2H3,(H,14,15). The van der Waals surface area contributed by atoms with Crippen molar-refractivity contribution in [2.75, 3.05) is 11.3 Å². The van der Waals surface area contributed by atoms with Crippen molar-refractivity contribution in [2.24, 2.45) is 5.73 Å². The Balaban J connectivity index is 2.86. The smallest absolute Gasteiger partial charge is 0.422 e. The molecule has 0 fully saturated rings. The van der Waals surface area contributed by atoms with Gasteiger partial charge >= 0.3 is 16.3 Å². The maximum Gasteiger partial charge on any atom is 0.422 e. The van der Waals surface area contributed by atoms with Crippen LogP contribution in [0.2, 0.25) is 0 Å². The van der Waals surface area contributed by atoms with Crippen LogP contribution in [-0.2, 0) is 21.5 Å². The number of hydrogen-bond acceptors (Lipinski definition) is 5. The first kappa shape index (κ1) is 15.3. The van der Waals surface area contributed by atoms with Crippen LogP contribution in [0.3, 0.4) is 0 Å². The van der Waals surface area contributed by atoms with Crippen LogP contribution in [0.1, 0.15) is 18.1 Å². The van der Waals surface area contributed by atoms with Crippen molar-refractivity contribution in [3.8, 4) is 0 Å². The average Bonchev–Trinajstić information content (AvgIpc) is 2.31. The Morgan fingerprint density at radius 3 is 2.68 bits per heavy atom. The van der Waals surface area contributed by atoms with Crippen LogP contribution in [0.15, 0.2) is 18.2 Å². The van der Waals surface area contributed by atoms with Crippen LogP contribution in [0, 0.1) is 6.92 Å². The molecule has 0 bridgehead atoms. The lowest BCUT2D eigenvalue weighted by Crippen LogP contribution is -2.35. The van der Waals surface area contributed by atoms with Crippen LogP contribution >= 0.6 is 0 Å². The molecule has 7 nitrogen and oxygen atoms in total. The fourth-order valence-corrected chi connectivity index (χ4v) is 2.19. The number of carbonyl (C=O) groups excluding carboxylic acids is 1. The van der Waals surface area contributed by atoms with E-state index in [0.29, 0.717) is 17.8 Å². The molecule has 0 saturated carbocycles. The van der Waals surface area contributed by atoms with E-state index in [1.807, 2.05) is 0 Å². The Morgan fingerprint density at radius 2 is 2.11 bits per heavy atom. The van der Waals surface area contributed by atoms with Gasteiger partial charge in [-0.05, 0) is 31.0 Å². The second-order valence-corrected chi connectivity index (χ2v) is 5.20. The molecule has 106 valence electrons. The Bertz CT molecular complexity index is 557. The Kier molecular flexibility index (Phi) is 5.13. The molecule has 0 radical (unpaired) electrons. The molecule has 0 aliphatic heterocycles. The lowest BCUT2D eigenvalue weighted by molar-refractivity contribution is 0.159. The maximum absolute atomic E-state index is 11.7. The Morgan fingerprint density at radius 1 is 1.42 bits per heavy atom. The molecule has 1 amide bonds. The summed E-state index contributed by atoms with van der Waals surface area (Å²) in [5, 5.41) is 0. The first-order chi connectivity index (χ1) is 8.88. The zero-order valence-corrected chi connectivity index (χ0v) is 11.6.